The number of nitrogen functional groups attached to an aromatic ring is 1. The van der Waals surface area contributed by atoms with Crippen LogP contribution in [0.2, 0.25) is 0 Å². The molecule has 0 aliphatic carbocycles. The molecule has 1 rings (SSSR count). The van der Waals surface area contributed by atoms with Crippen molar-refractivity contribution in [1.29, 1.82) is 0 Å². The van der Waals surface area contributed by atoms with E-state index >= 15 is 0 Å². The van der Waals surface area contributed by atoms with Crippen molar-refractivity contribution >= 4 is 11.5 Å². The average Bonchev–Trinajstić information content (AvgIpc) is 2.18. The predicted molar refractivity (Wildman–Crippen MR) is 58.6 cm³/mol. The zero-order valence-electron chi connectivity index (χ0n) is 9.23. The number of anilines is 1. The number of hydrogen-bond donors (Lipinski definition) is 1. The Kier molecular flexibility index (Phi) is 3.80. The van der Waals surface area contributed by atoms with Gasteiger partial charge in [-0.2, -0.15) is 0 Å². The Morgan fingerprint density at radius 1 is 1.53 bits per heavy atom. The van der Waals surface area contributed by atoms with E-state index in [2.05, 4.69) is 4.98 Å². The Morgan fingerprint density at radius 3 is 2.67 bits per heavy atom. The van der Waals surface area contributed by atoms with Crippen molar-refractivity contribution in [2.45, 2.75) is 20.0 Å². The molecule has 1 aromatic heterocycles. The quantitative estimate of drug-likeness (QED) is 0.762. The van der Waals surface area contributed by atoms with E-state index in [1.165, 1.54) is 13.3 Å². The number of methoxy groups -OCH3 is 1. The minimum Gasteiger partial charge on any atom is -0.398 e. The molecule has 0 aliphatic rings. The van der Waals surface area contributed by atoms with E-state index in [4.69, 9.17) is 10.5 Å². The first kappa shape index (κ1) is 11.7. The third-order valence-corrected chi connectivity index (χ3v) is 2.24. The highest BCUT2D eigenvalue weighted by Crippen LogP contribution is 2.17. The monoisotopic (exact) mass is 208 g/mol. The van der Waals surface area contributed by atoms with Crippen molar-refractivity contribution in [3.05, 3.63) is 24.0 Å². The van der Waals surface area contributed by atoms with Crippen molar-refractivity contribution in [3.8, 4) is 0 Å². The molecule has 15 heavy (non-hydrogen) atoms. The third-order valence-electron chi connectivity index (χ3n) is 2.24. The highest BCUT2D eigenvalue weighted by atomic mass is 16.5. The third kappa shape index (κ3) is 2.53. The maximum absolute atomic E-state index is 12.0. The van der Waals surface area contributed by atoms with Crippen molar-refractivity contribution in [1.82, 2.24) is 4.98 Å². The van der Waals surface area contributed by atoms with Gasteiger partial charge in [0.2, 0.25) is 0 Å². The number of carbonyl (C=O) groups is 1. The lowest BCUT2D eigenvalue weighted by atomic mass is 9.98. The molecule has 0 aliphatic heterocycles. The van der Waals surface area contributed by atoms with Crippen molar-refractivity contribution < 1.29 is 9.53 Å². The topological polar surface area (TPSA) is 65.2 Å². The van der Waals surface area contributed by atoms with Gasteiger partial charge < -0.3 is 10.5 Å². The van der Waals surface area contributed by atoms with Gasteiger partial charge in [0.1, 0.15) is 6.10 Å². The SMILES string of the molecule is COC(C(=O)c1cnccc1N)C(C)C. The van der Waals surface area contributed by atoms with Gasteiger partial charge in [-0.1, -0.05) is 13.8 Å². The van der Waals surface area contributed by atoms with E-state index in [1.807, 2.05) is 13.8 Å². The number of carbonyl (C=O) groups excluding carboxylic acids is 1. The number of ether oxygens (including phenoxy) is 1. The van der Waals surface area contributed by atoms with Crippen LogP contribution in [0.15, 0.2) is 18.5 Å². The van der Waals surface area contributed by atoms with Gasteiger partial charge in [0, 0.05) is 25.2 Å². The molecular weight excluding hydrogens is 192 g/mol. The highest BCUT2D eigenvalue weighted by molar-refractivity contribution is 6.03. The van der Waals surface area contributed by atoms with Crippen LogP contribution < -0.4 is 5.73 Å². The first-order valence-electron chi connectivity index (χ1n) is 4.84. The summed E-state index contributed by atoms with van der Waals surface area (Å²) in [5.41, 5.74) is 6.57. The molecule has 2 N–H and O–H groups in total. The molecule has 0 fully saturated rings. The molecule has 1 aromatic rings. The Bertz CT molecular complexity index is 350. The summed E-state index contributed by atoms with van der Waals surface area (Å²) in [5.74, 6) is 0.000191. The lowest BCUT2D eigenvalue weighted by Gasteiger charge is -2.18. The first-order chi connectivity index (χ1) is 7.07. The van der Waals surface area contributed by atoms with Gasteiger partial charge in [-0.3, -0.25) is 9.78 Å². The predicted octanol–water partition coefficient (Wildman–Crippen LogP) is 1.52. The van der Waals surface area contributed by atoms with Crippen LogP contribution in [-0.4, -0.2) is 24.0 Å². The summed E-state index contributed by atoms with van der Waals surface area (Å²) < 4.78 is 5.15. The van der Waals surface area contributed by atoms with Crippen LogP contribution in [0.4, 0.5) is 5.69 Å². The maximum atomic E-state index is 12.0. The van der Waals surface area contributed by atoms with Gasteiger partial charge in [0.05, 0.1) is 5.56 Å². The largest absolute Gasteiger partial charge is 0.398 e. The summed E-state index contributed by atoms with van der Waals surface area (Å²) in [6.07, 6.45) is 2.58. The van der Waals surface area contributed by atoms with E-state index in [-0.39, 0.29) is 11.7 Å². The Hall–Kier alpha value is -1.42. The minimum absolute atomic E-state index is 0.113. The van der Waals surface area contributed by atoms with E-state index in [1.54, 1.807) is 12.3 Å². The number of ketones is 1. The summed E-state index contributed by atoms with van der Waals surface area (Å²) in [5, 5.41) is 0. The van der Waals surface area contributed by atoms with Gasteiger partial charge in [-0.25, -0.2) is 0 Å². The van der Waals surface area contributed by atoms with Gasteiger partial charge in [-0.05, 0) is 12.0 Å². The Morgan fingerprint density at radius 2 is 2.20 bits per heavy atom. The van der Waals surface area contributed by atoms with Gasteiger partial charge >= 0.3 is 0 Å². The molecule has 1 heterocycles. The molecule has 0 saturated heterocycles. The summed E-state index contributed by atoms with van der Waals surface area (Å²) in [7, 11) is 1.52. The normalized spacial score (nSPS) is 12.8. The molecule has 82 valence electrons. The fraction of sp³-hybridized carbons (Fsp3) is 0.455. The molecule has 4 heteroatoms. The second-order valence-corrected chi connectivity index (χ2v) is 3.73. The number of pyridine rings is 1. The molecule has 0 saturated carbocycles. The zero-order valence-corrected chi connectivity index (χ0v) is 9.23. The van der Waals surface area contributed by atoms with E-state index < -0.39 is 6.10 Å². The van der Waals surface area contributed by atoms with Gasteiger partial charge in [0.15, 0.2) is 5.78 Å². The molecule has 0 spiro atoms. The highest BCUT2D eigenvalue weighted by Gasteiger charge is 2.24. The smallest absolute Gasteiger partial charge is 0.195 e. The molecule has 0 radical (unpaired) electrons. The van der Waals surface area contributed by atoms with Crippen LogP contribution in [0, 0.1) is 5.92 Å². The average molecular weight is 208 g/mol. The number of hydrogen-bond acceptors (Lipinski definition) is 4. The fourth-order valence-electron chi connectivity index (χ4n) is 1.45. The summed E-state index contributed by atoms with van der Waals surface area (Å²) in [4.78, 5) is 15.9. The van der Waals surface area contributed by atoms with Crippen LogP contribution in [0.5, 0.6) is 0 Å². The van der Waals surface area contributed by atoms with Crippen LogP contribution in [0.25, 0.3) is 0 Å². The minimum atomic E-state index is -0.462. The second kappa shape index (κ2) is 4.89. The summed E-state index contributed by atoms with van der Waals surface area (Å²) in [6.45, 7) is 3.86. The Labute approximate surface area is 89.5 Å². The van der Waals surface area contributed by atoms with Crippen LogP contribution in [0.3, 0.4) is 0 Å². The number of nitrogens with zero attached hydrogens (tertiary/aromatic N) is 1. The van der Waals surface area contributed by atoms with E-state index in [0.29, 0.717) is 11.3 Å². The van der Waals surface area contributed by atoms with Crippen LogP contribution >= 0.6 is 0 Å². The summed E-state index contributed by atoms with van der Waals surface area (Å²) >= 11 is 0. The lowest BCUT2D eigenvalue weighted by Crippen LogP contribution is -2.29. The number of Topliss-reactive ketones (excluding diaryl/α,β-unsaturated/α-hetero) is 1. The maximum Gasteiger partial charge on any atom is 0.195 e. The molecular formula is C11H16N2O2. The Balaban J connectivity index is 2.98. The number of nitrogens with two attached hydrogens (primary N) is 1. The fourth-order valence-corrected chi connectivity index (χ4v) is 1.45. The van der Waals surface area contributed by atoms with Crippen LogP contribution in [-0.2, 0) is 4.74 Å². The van der Waals surface area contributed by atoms with Gasteiger partial charge in [0.25, 0.3) is 0 Å². The van der Waals surface area contributed by atoms with E-state index in [0.717, 1.165) is 0 Å². The number of aromatic nitrogens is 1. The van der Waals surface area contributed by atoms with E-state index in [9.17, 15) is 4.79 Å². The molecule has 1 atom stereocenters. The van der Waals surface area contributed by atoms with Crippen LogP contribution in [0.1, 0.15) is 24.2 Å². The standard InChI is InChI=1S/C11H16N2O2/c1-7(2)11(15-3)10(14)8-6-13-5-4-9(8)12/h4-7,11H,1-3H3,(H2,12,13). The first-order valence-corrected chi connectivity index (χ1v) is 4.84. The van der Waals surface area contributed by atoms with Crippen molar-refractivity contribution in [3.63, 3.8) is 0 Å². The van der Waals surface area contributed by atoms with Crippen molar-refractivity contribution in [2.75, 3.05) is 12.8 Å². The molecule has 0 bridgehead atoms. The molecule has 0 amide bonds. The molecule has 1 unspecified atom stereocenters. The van der Waals surface area contributed by atoms with Crippen molar-refractivity contribution in [2.24, 2.45) is 5.92 Å². The summed E-state index contributed by atoms with van der Waals surface area (Å²) in [6, 6.07) is 1.61. The molecule has 4 nitrogen and oxygen atoms in total. The zero-order chi connectivity index (χ0) is 11.4. The van der Waals surface area contributed by atoms with Gasteiger partial charge in [-0.15, -0.1) is 0 Å². The molecule has 0 aromatic carbocycles. The lowest BCUT2D eigenvalue weighted by molar-refractivity contribution is 0.0459. The number of rotatable bonds is 4. The second-order valence-electron chi connectivity index (χ2n) is 3.73.